The molecule has 1 spiro atoms. The van der Waals surface area contributed by atoms with Gasteiger partial charge in [-0.05, 0) is 43.5 Å². The first kappa shape index (κ1) is 15.2. The maximum Gasteiger partial charge on any atom is 0.227 e. The molecule has 20 heavy (non-hydrogen) atoms. The molecule has 0 radical (unpaired) electrons. The number of nitrogens with one attached hydrogen (secondary N) is 1. The largest absolute Gasteiger partial charge is 0.317 e. The van der Waals surface area contributed by atoms with E-state index in [1.807, 2.05) is 0 Å². The third-order valence-corrected chi connectivity index (χ3v) is 4.19. The highest BCUT2D eigenvalue weighted by Gasteiger charge is 2.44. The zero-order valence-corrected chi connectivity index (χ0v) is 11.8. The van der Waals surface area contributed by atoms with E-state index in [1.165, 1.54) is 17.0 Å². The topological polar surface area (TPSA) is 32.3 Å². The molecule has 6 heteroatoms. The zero-order chi connectivity index (χ0) is 13.5. The minimum atomic E-state index is -0.667. The van der Waals surface area contributed by atoms with Gasteiger partial charge in [-0.25, -0.2) is 8.78 Å². The molecule has 110 valence electrons. The lowest BCUT2D eigenvalue weighted by atomic mass is 9.78. The Morgan fingerprint density at radius 3 is 2.55 bits per heavy atom. The number of hydrogen-bond donors (Lipinski definition) is 1. The molecular weight excluding hydrogens is 286 g/mol. The van der Waals surface area contributed by atoms with Gasteiger partial charge in [0.1, 0.15) is 11.6 Å². The summed E-state index contributed by atoms with van der Waals surface area (Å²) in [5, 5.41) is 3.27. The van der Waals surface area contributed by atoms with Gasteiger partial charge in [0.05, 0.1) is 5.69 Å². The van der Waals surface area contributed by atoms with E-state index in [0.29, 0.717) is 13.0 Å². The Hall–Kier alpha value is -1.20. The monoisotopic (exact) mass is 302 g/mol. The third kappa shape index (κ3) is 2.65. The number of halogens is 3. The van der Waals surface area contributed by atoms with Gasteiger partial charge in [-0.15, -0.1) is 12.4 Å². The summed E-state index contributed by atoms with van der Waals surface area (Å²) < 4.78 is 26.7. The molecule has 2 heterocycles. The van der Waals surface area contributed by atoms with Crippen LogP contribution in [-0.4, -0.2) is 25.5 Å². The molecule has 3 rings (SSSR count). The van der Waals surface area contributed by atoms with Crippen LogP contribution >= 0.6 is 12.4 Å². The van der Waals surface area contributed by atoms with Gasteiger partial charge in [-0.3, -0.25) is 4.79 Å². The Morgan fingerprint density at radius 2 is 1.90 bits per heavy atom. The summed E-state index contributed by atoms with van der Waals surface area (Å²) in [6.07, 6.45) is 2.32. The number of amides is 1. The molecule has 2 aliphatic rings. The van der Waals surface area contributed by atoms with Crippen LogP contribution < -0.4 is 10.2 Å². The Labute approximate surface area is 122 Å². The number of benzene rings is 1. The fourth-order valence-electron chi connectivity index (χ4n) is 3.11. The second-order valence-corrected chi connectivity index (χ2v) is 5.50. The van der Waals surface area contributed by atoms with E-state index in [9.17, 15) is 13.6 Å². The number of rotatable bonds is 1. The Bertz CT molecular complexity index is 518. The lowest BCUT2D eigenvalue weighted by Gasteiger charge is -2.33. The summed E-state index contributed by atoms with van der Waals surface area (Å²) in [6.45, 7) is 2.33. The lowest BCUT2D eigenvalue weighted by molar-refractivity contribution is -0.118. The standard InChI is InChI=1S/C14H16F2N2O.ClH/c15-10-1-2-12(11(16)7-10)18-9-14(8-13(18)19)3-5-17-6-4-14;/h1-2,7,17H,3-6,8-9H2;1H. The van der Waals surface area contributed by atoms with Crippen molar-refractivity contribution in [1.29, 1.82) is 0 Å². The Balaban J connectivity index is 0.00000147. The smallest absolute Gasteiger partial charge is 0.227 e. The number of carbonyl (C=O) groups excluding carboxylic acids is 1. The average molecular weight is 303 g/mol. The third-order valence-electron chi connectivity index (χ3n) is 4.19. The van der Waals surface area contributed by atoms with Gasteiger partial charge in [0.15, 0.2) is 0 Å². The number of carbonyl (C=O) groups is 1. The van der Waals surface area contributed by atoms with Crippen molar-refractivity contribution in [2.75, 3.05) is 24.5 Å². The van der Waals surface area contributed by atoms with Crippen molar-refractivity contribution in [2.24, 2.45) is 5.41 Å². The predicted molar refractivity (Wildman–Crippen MR) is 75.1 cm³/mol. The molecule has 1 N–H and O–H groups in total. The first-order valence-corrected chi connectivity index (χ1v) is 6.56. The van der Waals surface area contributed by atoms with Crippen molar-refractivity contribution in [3.63, 3.8) is 0 Å². The summed E-state index contributed by atoms with van der Waals surface area (Å²) in [7, 11) is 0. The fourth-order valence-corrected chi connectivity index (χ4v) is 3.11. The molecule has 0 bridgehead atoms. The molecule has 2 fully saturated rings. The molecule has 0 saturated carbocycles. The van der Waals surface area contributed by atoms with Gasteiger partial charge in [-0.1, -0.05) is 0 Å². The molecular formula is C14H17ClF2N2O. The zero-order valence-electron chi connectivity index (χ0n) is 11.0. The average Bonchev–Trinajstić information content (AvgIpc) is 2.67. The van der Waals surface area contributed by atoms with Crippen molar-refractivity contribution in [3.05, 3.63) is 29.8 Å². The summed E-state index contributed by atoms with van der Waals surface area (Å²) >= 11 is 0. The van der Waals surface area contributed by atoms with Crippen LogP contribution in [0.2, 0.25) is 0 Å². The molecule has 0 atom stereocenters. The molecule has 0 unspecified atom stereocenters. The number of piperidine rings is 1. The van der Waals surface area contributed by atoms with E-state index < -0.39 is 11.6 Å². The molecule has 0 aromatic heterocycles. The van der Waals surface area contributed by atoms with Gasteiger partial charge in [-0.2, -0.15) is 0 Å². The molecule has 1 amide bonds. The highest BCUT2D eigenvalue weighted by atomic mass is 35.5. The minimum Gasteiger partial charge on any atom is -0.317 e. The van der Waals surface area contributed by atoms with Gasteiger partial charge in [0, 0.05) is 19.0 Å². The van der Waals surface area contributed by atoms with Crippen LogP contribution in [0, 0.1) is 17.0 Å². The molecule has 2 aliphatic heterocycles. The van der Waals surface area contributed by atoms with Crippen LogP contribution in [-0.2, 0) is 4.79 Å². The molecule has 1 aromatic rings. The SMILES string of the molecule is Cl.O=C1CC2(CCNCC2)CN1c1ccc(F)cc1F. The van der Waals surface area contributed by atoms with Crippen molar-refractivity contribution in [3.8, 4) is 0 Å². The van der Waals surface area contributed by atoms with Crippen molar-refractivity contribution in [1.82, 2.24) is 5.32 Å². The summed E-state index contributed by atoms with van der Waals surface area (Å²) in [6, 6.07) is 3.37. The number of anilines is 1. The van der Waals surface area contributed by atoms with Crippen molar-refractivity contribution in [2.45, 2.75) is 19.3 Å². The lowest BCUT2D eigenvalue weighted by Crippen LogP contribution is -2.38. The quantitative estimate of drug-likeness (QED) is 0.864. The highest BCUT2D eigenvalue weighted by Crippen LogP contribution is 2.41. The normalized spacial score (nSPS) is 21.1. The van der Waals surface area contributed by atoms with E-state index in [2.05, 4.69) is 5.32 Å². The van der Waals surface area contributed by atoms with Crippen LogP contribution in [0.4, 0.5) is 14.5 Å². The molecule has 3 nitrogen and oxygen atoms in total. The van der Waals surface area contributed by atoms with Crippen LogP contribution in [0.25, 0.3) is 0 Å². The maximum atomic E-state index is 13.8. The van der Waals surface area contributed by atoms with Crippen molar-refractivity contribution < 1.29 is 13.6 Å². The van der Waals surface area contributed by atoms with E-state index >= 15 is 0 Å². The predicted octanol–water partition coefficient (Wildman–Crippen LogP) is 2.49. The van der Waals surface area contributed by atoms with Gasteiger partial charge in [0.25, 0.3) is 0 Å². The van der Waals surface area contributed by atoms with Gasteiger partial charge >= 0.3 is 0 Å². The maximum absolute atomic E-state index is 13.8. The second kappa shape index (κ2) is 5.66. The Morgan fingerprint density at radius 1 is 1.20 bits per heavy atom. The van der Waals surface area contributed by atoms with E-state index in [-0.39, 0.29) is 29.4 Å². The van der Waals surface area contributed by atoms with E-state index in [4.69, 9.17) is 0 Å². The van der Waals surface area contributed by atoms with E-state index in [1.54, 1.807) is 0 Å². The van der Waals surface area contributed by atoms with Crippen LogP contribution in [0.5, 0.6) is 0 Å². The van der Waals surface area contributed by atoms with E-state index in [0.717, 1.165) is 32.0 Å². The first-order valence-electron chi connectivity index (χ1n) is 6.56. The molecule has 1 aromatic carbocycles. The second-order valence-electron chi connectivity index (χ2n) is 5.50. The number of nitrogens with zero attached hydrogens (tertiary/aromatic N) is 1. The summed E-state index contributed by atoms with van der Waals surface area (Å²) in [5.74, 6) is -1.35. The Kier molecular flexibility index (Phi) is 4.30. The molecule has 2 saturated heterocycles. The molecule has 0 aliphatic carbocycles. The van der Waals surface area contributed by atoms with Crippen LogP contribution in [0.3, 0.4) is 0 Å². The highest BCUT2D eigenvalue weighted by molar-refractivity contribution is 5.96. The van der Waals surface area contributed by atoms with Gasteiger partial charge in [0.2, 0.25) is 5.91 Å². The fraction of sp³-hybridized carbons (Fsp3) is 0.500. The minimum absolute atomic E-state index is 0. The first-order chi connectivity index (χ1) is 9.10. The van der Waals surface area contributed by atoms with Gasteiger partial charge < -0.3 is 10.2 Å². The van der Waals surface area contributed by atoms with Crippen LogP contribution in [0.15, 0.2) is 18.2 Å². The summed E-state index contributed by atoms with van der Waals surface area (Å²) in [5.41, 5.74) is 0.158. The van der Waals surface area contributed by atoms with Crippen molar-refractivity contribution >= 4 is 24.0 Å². The number of hydrogen-bond acceptors (Lipinski definition) is 2. The summed E-state index contributed by atoms with van der Waals surface area (Å²) in [4.78, 5) is 13.6. The van der Waals surface area contributed by atoms with Crippen LogP contribution in [0.1, 0.15) is 19.3 Å².